The summed E-state index contributed by atoms with van der Waals surface area (Å²) >= 11 is 0. The summed E-state index contributed by atoms with van der Waals surface area (Å²) in [6, 6.07) is 23.4. The molecule has 0 saturated carbocycles. The molecule has 0 bridgehead atoms. The van der Waals surface area contributed by atoms with Crippen LogP contribution in [-0.2, 0) is 24.0 Å². The fourth-order valence-corrected chi connectivity index (χ4v) is 3.39. The van der Waals surface area contributed by atoms with E-state index in [1.54, 1.807) is 54.6 Å². The van der Waals surface area contributed by atoms with Crippen LogP contribution in [-0.4, -0.2) is 50.1 Å². The first-order valence-electron chi connectivity index (χ1n) is 11.6. The summed E-state index contributed by atoms with van der Waals surface area (Å²) in [6.45, 7) is -1.09. The molecule has 0 heterocycles. The molecule has 0 aliphatic carbocycles. The van der Waals surface area contributed by atoms with Crippen LogP contribution in [0.1, 0.15) is 20.8 Å². The van der Waals surface area contributed by atoms with Gasteiger partial charge < -0.3 is 20.4 Å². The Balaban J connectivity index is 2.25. The molecule has 162 valence electrons. The molecule has 31 heavy (non-hydrogen) atoms. The molecular weight excluding hydrogens is 392 g/mol. The van der Waals surface area contributed by atoms with Gasteiger partial charge in [-0.15, -0.1) is 0 Å². The highest BCUT2D eigenvalue weighted by Gasteiger charge is 2.57. The molecule has 3 aromatic rings. The number of carbonyl (C=O) groups is 1. The van der Waals surface area contributed by atoms with Crippen molar-refractivity contribution in [2.45, 2.75) is 36.5 Å². The van der Waals surface area contributed by atoms with Gasteiger partial charge in [0.15, 0.2) is 11.4 Å². The van der Waals surface area contributed by atoms with Crippen LogP contribution >= 0.6 is 0 Å². The summed E-state index contributed by atoms with van der Waals surface area (Å²) in [4.78, 5) is 13.8. The Hall–Kier alpha value is -2.83. The van der Waals surface area contributed by atoms with Crippen molar-refractivity contribution in [1.82, 2.24) is 0 Å². The quantitative estimate of drug-likeness (QED) is 0.400. The second kappa shape index (κ2) is 9.98. The molecule has 0 radical (unpaired) electrons. The van der Waals surface area contributed by atoms with Crippen LogP contribution in [0.2, 0.25) is 0 Å². The van der Waals surface area contributed by atoms with Gasteiger partial charge >= 0.3 is 0 Å². The first-order valence-corrected chi connectivity index (χ1v) is 9.89. The molecule has 4 N–H and O–H groups in total. The van der Waals surface area contributed by atoms with Crippen molar-refractivity contribution < 1.29 is 29.3 Å². The molecule has 3 rings (SSSR count). The number of hydrogen-bond donors (Lipinski definition) is 4. The van der Waals surface area contributed by atoms with Crippen molar-refractivity contribution in [2.24, 2.45) is 0 Å². The van der Waals surface area contributed by atoms with Gasteiger partial charge in [-0.3, -0.25) is 4.79 Å². The summed E-state index contributed by atoms with van der Waals surface area (Å²) in [5.41, 5.74) is -5.72. The van der Waals surface area contributed by atoms with Crippen molar-refractivity contribution in [3.63, 3.8) is 0 Å². The Kier molecular flexibility index (Phi) is 6.09. The van der Waals surface area contributed by atoms with Crippen LogP contribution in [0, 0.1) is 0 Å². The number of hydrogen-bond acceptors (Lipinski definition) is 5. The lowest BCUT2D eigenvalue weighted by molar-refractivity contribution is -0.209. The van der Waals surface area contributed by atoms with Crippen molar-refractivity contribution in [2.75, 3.05) is 6.61 Å². The Morgan fingerprint density at radius 3 is 1.65 bits per heavy atom. The van der Waals surface area contributed by atoms with Gasteiger partial charge in [-0.2, -0.15) is 0 Å². The first-order chi connectivity index (χ1) is 16.2. The molecule has 3 aromatic carbocycles. The standard InChI is InChI=1S/C26H28O5/c27-19-24(29)26(31,18-22-14-8-3-9-15-22)25(30,17-21-12-6-2-7-13-21)23(28)16-20-10-4-1-5-11-20/h1-15,24,27,29-31H,16-19H2/t24-,25+,26-/m1/s1/i16D,17D,18D/t16?,17?,18?,24-,25+,26-. The molecular formula is C26H28O5. The maximum absolute atomic E-state index is 13.8. The zero-order valence-electron chi connectivity index (χ0n) is 19.9. The molecule has 0 fully saturated rings. The predicted molar refractivity (Wildman–Crippen MR) is 118 cm³/mol. The van der Waals surface area contributed by atoms with Crippen LogP contribution in [0.4, 0.5) is 0 Å². The molecule has 3 unspecified atom stereocenters. The van der Waals surface area contributed by atoms with Crippen LogP contribution in [0.15, 0.2) is 91.0 Å². The minimum atomic E-state index is -3.15. The number of benzene rings is 3. The van der Waals surface area contributed by atoms with Crippen LogP contribution in [0.5, 0.6) is 0 Å². The molecule has 6 atom stereocenters. The zero-order valence-corrected chi connectivity index (χ0v) is 16.9. The fourth-order valence-electron chi connectivity index (χ4n) is 3.39. The average molecular weight is 424 g/mol. The molecule has 0 aromatic heterocycles. The van der Waals surface area contributed by atoms with Crippen molar-refractivity contribution in [1.29, 1.82) is 0 Å². The maximum atomic E-state index is 13.8. The third kappa shape index (κ3) is 5.09. The minimum absolute atomic E-state index is 0.127. The molecule has 0 spiro atoms. The summed E-state index contributed by atoms with van der Waals surface area (Å²) in [7, 11) is 0. The number of ketones is 1. The number of aliphatic hydroxyl groups is 4. The maximum Gasteiger partial charge on any atom is 0.172 e. The van der Waals surface area contributed by atoms with Crippen LogP contribution in [0.25, 0.3) is 0 Å². The van der Waals surface area contributed by atoms with Crippen molar-refractivity contribution in [3.8, 4) is 0 Å². The topological polar surface area (TPSA) is 98.0 Å². The lowest BCUT2D eigenvalue weighted by Gasteiger charge is -2.45. The number of Topliss-reactive ketones (excluding diaryl/α,β-unsaturated/α-hetero) is 1. The van der Waals surface area contributed by atoms with Crippen molar-refractivity contribution >= 4 is 5.78 Å². The van der Waals surface area contributed by atoms with Gasteiger partial charge in [0, 0.05) is 23.3 Å². The van der Waals surface area contributed by atoms with Gasteiger partial charge in [-0.25, -0.2) is 0 Å². The number of aliphatic hydroxyl groups excluding tert-OH is 2. The van der Waals surface area contributed by atoms with Gasteiger partial charge in [0.05, 0.1) is 6.61 Å². The lowest BCUT2D eigenvalue weighted by atomic mass is 9.68. The van der Waals surface area contributed by atoms with E-state index in [1.165, 1.54) is 36.4 Å². The Labute approximate surface area is 186 Å². The molecule has 5 nitrogen and oxygen atoms in total. The van der Waals surface area contributed by atoms with E-state index in [9.17, 15) is 25.2 Å². The van der Waals surface area contributed by atoms with Crippen molar-refractivity contribution in [3.05, 3.63) is 108 Å². The van der Waals surface area contributed by atoms with Gasteiger partial charge in [0.2, 0.25) is 0 Å². The third-order valence-corrected chi connectivity index (χ3v) is 5.13. The Morgan fingerprint density at radius 1 is 0.774 bits per heavy atom. The van der Waals surface area contributed by atoms with E-state index in [-0.39, 0.29) is 16.7 Å². The smallest absolute Gasteiger partial charge is 0.172 e. The lowest BCUT2D eigenvalue weighted by Crippen LogP contribution is -2.68. The normalized spacial score (nSPS) is 20.6. The van der Waals surface area contributed by atoms with E-state index in [1.807, 2.05) is 0 Å². The Morgan fingerprint density at radius 2 is 1.19 bits per heavy atom. The second-order valence-corrected chi connectivity index (χ2v) is 7.32. The highest BCUT2D eigenvalue weighted by Crippen LogP contribution is 2.35. The largest absolute Gasteiger partial charge is 0.394 e. The fraction of sp³-hybridized carbons (Fsp3) is 0.269. The SMILES string of the molecule is [2H]C(C(=O)[C@@](O)(C([2H])c1ccccc1)[C@@](O)(C([2H])c1ccccc1)[C@H](O)CO)c1ccccc1. The van der Waals surface area contributed by atoms with Crippen LogP contribution in [0.3, 0.4) is 0 Å². The summed E-state index contributed by atoms with van der Waals surface area (Å²) in [5.74, 6) is -1.27. The summed E-state index contributed by atoms with van der Waals surface area (Å²) < 4.78 is 26.2. The molecule has 0 aliphatic heterocycles. The van der Waals surface area contributed by atoms with E-state index >= 15 is 0 Å². The van der Waals surface area contributed by atoms with Crippen LogP contribution < -0.4 is 0 Å². The Bertz CT molecular complexity index is 1070. The highest BCUT2D eigenvalue weighted by atomic mass is 16.4. The van der Waals surface area contributed by atoms with Gasteiger partial charge in [0.25, 0.3) is 0 Å². The van der Waals surface area contributed by atoms with Gasteiger partial charge in [-0.1, -0.05) is 91.0 Å². The summed E-state index contributed by atoms with van der Waals surface area (Å²) in [5, 5.41) is 44.4. The third-order valence-electron chi connectivity index (χ3n) is 5.13. The second-order valence-electron chi connectivity index (χ2n) is 7.32. The summed E-state index contributed by atoms with van der Waals surface area (Å²) in [6.07, 6.45) is -7.64. The van der Waals surface area contributed by atoms with Gasteiger partial charge in [-0.05, 0) is 16.7 Å². The molecule has 0 amide bonds. The van der Waals surface area contributed by atoms with E-state index in [0.29, 0.717) is 0 Å². The monoisotopic (exact) mass is 423 g/mol. The van der Waals surface area contributed by atoms with E-state index in [2.05, 4.69) is 0 Å². The molecule has 5 heteroatoms. The highest BCUT2D eigenvalue weighted by molar-refractivity contribution is 5.91. The van der Waals surface area contributed by atoms with Gasteiger partial charge in [0.1, 0.15) is 11.7 Å². The first kappa shape index (κ1) is 18.9. The number of carbonyl (C=O) groups excluding carboxylic acids is 1. The average Bonchev–Trinajstić information content (AvgIpc) is 2.91. The molecule has 0 aliphatic rings. The van der Waals surface area contributed by atoms with E-state index in [4.69, 9.17) is 4.11 Å². The number of rotatable bonds is 10. The van der Waals surface area contributed by atoms with E-state index in [0.717, 1.165) is 0 Å². The molecule has 0 saturated heterocycles. The zero-order chi connectivity index (χ0) is 24.9. The minimum Gasteiger partial charge on any atom is -0.394 e. The van der Waals surface area contributed by atoms with E-state index < -0.39 is 48.9 Å². The predicted octanol–water partition coefficient (Wildman–Crippen LogP) is 2.10.